The normalized spacial score (nSPS) is 12.1. The summed E-state index contributed by atoms with van der Waals surface area (Å²) in [6.45, 7) is 5.64. The molecule has 0 bridgehead atoms. The summed E-state index contributed by atoms with van der Waals surface area (Å²) < 4.78 is 36.6. The van der Waals surface area contributed by atoms with E-state index in [0.29, 0.717) is 17.2 Å². The molecule has 0 radical (unpaired) electrons. The Kier molecular flexibility index (Phi) is 11.1. The van der Waals surface area contributed by atoms with E-state index in [4.69, 9.17) is 21.1 Å². The molecule has 2 aromatic carbocycles. The lowest BCUT2D eigenvalue weighted by Gasteiger charge is -2.30. The number of nitrogens with zero attached hydrogens (tertiary/aromatic N) is 2. The third-order valence-corrected chi connectivity index (χ3v) is 7.15. The second-order valence-electron chi connectivity index (χ2n) is 8.97. The first-order chi connectivity index (χ1) is 17.4. The zero-order chi connectivity index (χ0) is 27.8. The largest absolute Gasteiger partial charge is 0.497 e. The quantitative estimate of drug-likeness (QED) is 0.404. The number of anilines is 1. The van der Waals surface area contributed by atoms with Crippen LogP contribution >= 0.6 is 11.6 Å². The van der Waals surface area contributed by atoms with E-state index in [1.165, 1.54) is 22.4 Å². The number of amides is 2. The highest BCUT2D eigenvalue weighted by molar-refractivity contribution is 7.92. The van der Waals surface area contributed by atoms with Gasteiger partial charge in [-0.1, -0.05) is 23.7 Å². The highest BCUT2D eigenvalue weighted by Crippen LogP contribution is 2.30. The molecule has 2 amide bonds. The second kappa shape index (κ2) is 13.5. The SMILES string of the molecule is COc1cccc(CN(C(=O)CCCN(c2ccc(OC)c(Cl)c2)S(C)(=O)=O)C(C)C(=O)NC(C)C)c1. The summed E-state index contributed by atoms with van der Waals surface area (Å²) in [5, 5.41) is 3.13. The van der Waals surface area contributed by atoms with E-state index >= 15 is 0 Å². The highest BCUT2D eigenvalue weighted by atomic mass is 35.5. The van der Waals surface area contributed by atoms with Gasteiger partial charge in [-0.25, -0.2) is 8.42 Å². The molecule has 0 saturated heterocycles. The number of sulfonamides is 1. The minimum atomic E-state index is -3.64. The van der Waals surface area contributed by atoms with Crippen LogP contribution in [0.2, 0.25) is 5.02 Å². The lowest BCUT2D eigenvalue weighted by Crippen LogP contribution is -2.49. The first-order valence-corrected chi connectivity index (χ1v) is 14.1. The van der Waals surface area contributed by atoms with E-state index in [2.05, 4.69) is 5.32 Å². The summed E-state index contributed by atoms with van der Waals surface area (Å²) in [5.74, 6) is 0.536. The fraction of sp³-hybridized carbons (Fsp3) is 0.462. The molecule has 0 aliphatic rings. The second-order valence-corrected chi connectivity index (χ2v) is 11.3. The number of rotatable bonds is 13. The number of carbonyl (C=O) groups is 2. The van der Waals surface area contributed by atoms with Crippen LogP contribution in [0.3, 0.4) is 0 Å². The average molecular weight is 554 g/mol. The monoisotopic (exact) mass is 553 g/mol. The van der Waals surface area contributed by atoms with Crippen LogP contribution in [0.25, 0.3) is 0 Å². The Balaban J connectivity index is 2.21. The van der Waals surface area contributed by atoms with Crippen molar-refractivity contribution in [1.82, 2.24) is 10.2 Å². The molecule has 1 N–H and O–H groups in total. The van der Waals surface area contributed by atoms with Crippen molar-refractivity contribution in [2.24, 2.45) is 0 Å². The van der Waals surface area contributed by atoms with Crippen molar-refractivity contribution in [2.45, 2.75) is 52.2 Å². The summed E-state index contributed by atoms with van der Waals surface area (Å²) in [6, 6.07) is 11.2. The lowest BCUT2D eigenvalue weighted by atomic mass is 10.1. The maximum absolute atomic E-state index is 13.3. The van der Waals surface area contributed by atoms with Gasteiger partial charge in [0.2, 0.25) is 21.8 Å². The molecule has 2 rings (SSSR count). The van der Waals surface area contributed by atoms with Crippen LogP contribution in [0.1, 0.15) is 39.2 Å². The number of carbonyl (C=O) groups excluding carboxylic acids is 2. The van der Waals surface area contributed by atoms with Gasteiger partial charge in [0, 0.05) is 25.6 Å². The molecule has 37 heavy (non-hydrogen) atoms. The summed E-state index contributed by atoms with van der Waals surface area (Å²) in [5.41, 5.74) is 1.18. The minimum absolute atomic E-state index is 0.0408. The van der Waals surface area contributed by atoms with Crippen LogP contribution in [-0.4, -0.2) is 64.2 Å². The van der Waals surface area contributed by atoms with E-state index in [1.54, 1.807) is 32.2 Å². The molecule has 1 unspecified atom stereocenters. The molecule has 0 heterocycles. The van der Waals surface area contributed by atoms with Gasteiger partial charge >= 0.3 is 0 Å². The molecule has 0 fully saturated rings. The van der Waals surface area contributed by atoms with E-state index in [9.17, 15) is 18.0 Å². The minimum Gasteiger partial charge on any atom is -0.497 e. The summed E-state index contributed by atoms with van der Waals surface area (Å²) in [4.78, 5) is 27.6. The van der Waals surface area contributed by atoms with Gasteiger partial charge in [0.25, 0.3) is 0 Å². The van der Waals surface area contributed by atoms with Gasteiger partial charge in [0.05, 0.1) is 31.2 Å². The Morgan fingerprint density at radius 1 is 1.05 bits per heavy atom. The maximum atomic E-state index is 13.3. The van der Waals surface area contributed by atoms with Crippen LogP contribution < -0.4 is 19.1 Å². The molecule has 11 heteroatoms. The van der Waals surface area contributed by atoms with Gasteiger partial charge in [0.1, 0.15) is 17.5 Å². The van der Waals surface area contributed by atoms with Gasteiger partial charge in [-0.05, 0) is 63.1 Å². The number of nitrogens with one attached hydrogen (secondary N) is 1. The Morgan fingerprint density at radius 2 is 1.76 bits per heavy atom. The third-order valence-electron chi connectivity index (χ3n) is 5.66. The van der Waals surface area contributed by atoms with Crippen LogP contribution in [-0.2, 0) is 26.2 Å². The van der Waals surface area contributed by atoms with Crippen LogP contribution in [0.4, 0.5) is 5.69 Å². The van der Waals surface area contributed by atoms with Crippen molar-refractivity contribution >= 4 is 39.1 Å². The Labute approximate surface area is 224 Å². The van der Waals surface area contributed by atoms with E-state index < -0.39 is 16.1 Å². The van der Waals surface area contributed by atoms with E-state index in [-0.39, 0.29) is 48.8 Å². The number of hydrogen-bond donors (Lipinski definition) is 1. The molecular formula is C26H36ClN3O6S. The van der Waals surface area contributed by atoms with Crippen molar-refractivity contribution in [3.63, 3.8) is 0 Å². The smallest absolute Gasteiger partial charge is 0.242 e. The molecule has 0 aliphatic heterocycles. The lowest BCUT2D eigenvalue weighted by molar-refractivity contribution is -0.140. The molecule has 204 valence electrons. The molecule has 9 nitrogen and oxygen atoms in total. The van der Waals surface area contributed by atoms with Gasteiger partial charge in [-0.3, -0.25) is 13.9 Å². The third kappa shape index (κ3) is 8.82. The Morgan fingerprint density at radius 3 is 2.32 bits per heavy atom. The highest BCUT2D eigenvalue weighted by Gasteiger charge is 2.27. The van der Waals surface area contributed by atoms with Crippen molar-refractivity contribution < 1.29 is 27.5 Å². The van der Waals surface area contributed by atoms with Gasteiger partial charge in [-0.15, -0.1) is 0 Å². The zero-order valence-electron chi connectivity index (χ0n) is 22.2. The first-order valence-electron chi connectivity index (χ1n) is 11.9. The number of methoxy groups -OCH3 is 2. The molecular weight excluding hydrogens is 518 g/mol. The first kappa shape index (κ1) is 30.2. The number of halogens is 1. The maximum Gasteiger partial charge on any atom is 0.242 e. The fourth-order valence-electron chi connectivity index (χ4n) is 3.77. The molecule has 1 atom stereocenters. The summed E-state index contributed by atoms with van der Waals surface area (Å²) >= 11 is 6.19. The molecule has 0 saturated carbocycles. The topological polar surface area (TPSA) is 105 Å². The summed E-state index contributed by atoms with van der Waals surface area (Å²) in [6.07, 6.45) is 1.38. The zero-order valence-corrected chi connectivity index (χ0v) is 23.7. The predicted octanol–water partition coefficient (Wildman–Crippen LogP) is 3.85. The van der Waals surface area contributed by atoms with Gasteiger partial charge in [0.15, 0.2) is 0 Å². The summed E-state index contributed by atoms with van der Waals surface area (Å²) in [7, 11) is -0.608. The van der Waals surface area contributed by atoms with Crippen molar-refractivity contribution in [3.8, 4) is 11.5 Å². The Hall–Kier alpha value is -2.98. The van der Waals surface area contributed by atoms with Crippen molar-refractivity contribution in [3.05, 3.63) is 53.1 Å². The van der Waals surface area contributed by atoms with Crippen molar-refractivity contribution in [1.29, 1.82) is 0 Å². The number of benzene rings is 2. The van der Waals surface area contributed by atoms with Crippen LogP contribution in [0.5, 0.6) is 11.5 Å². The molecule has 0 aromatic heterocycles. The number of ether oxygens (including phenoxy) is 2. The van der Waals surface area contributed by atoms with Crippen LogP contribution in [0, 0.1) is 0 Å². The molecule has 0 aliphatic carbocycles. The standard InChI is InChI=1S/C26H36ClN3O6S/c1-18(2)28-26(32)19(3)29(17-20-9-7-10-22(15-20)35-4)25(31)11-8-14-30(37(6,33)34)21-12-13-24(36-5)23(27)16-21/h7,9-10,12-13,15-16,18-19H,8,11,14,17H2,1-6H3,(H,28,32). The molecule has 0 spiro atoms. The fourth-order valence-corrected chi connectivity index (χ4v) is 4.98. The van der Waals surface area contributed by atoms with Crippen LogP contribution in [0.15, 0.2) is 42.5 Å². The van der Waals surface area contributed by atoms with Crippen molar-refractivity contribution in [2.75, 3.05) is 31.3 Å². The Bertz CT molecular complexity index is 1190. The van der Waals surface area contributed by atoms with E-state index in [0.717, 1.165) is 11.8 Å². The van der Waals surface area contributed by atoms with E-state index in [1.807, 2.05) is 32.0 Å². The average Bonchev–Trinajstić information content (AvgIpc) is 2.83. The number of hydrogen-bond acceptors (Lipinski definition) is 6. The predicted molar refractivity (Wildman–Crippen MR) is 146 cm³/mol. The molecule has 2 aromatic rings. The van der Waals surface area contributed by atoms with Gasteiger partial charge < -0.3 is 19.7 Å². The van der Waals surface area contributed by atoms with Gasteiger partial charge in [-0.2, -0.15) is 0 Å².